The fourth-order valence-corrected chi connectivity index (χ4v) is 2.60. The maximum Gasteiger partial charge on any atom is 0.0406 e. The zero-order chi connectivity index (χ0) is 11.4. The van der Waals surface area contributed by atoms with Crippen LogP contribution in [0.2, 0.25) is 5.02 Å². The Morgan fingerprint density at radius 1 is 1.19 bits per heavy atom. The molecule has 2 rings (SSSR count). The van der Waals surface area contributed by atoms with Crippen LogP contribution in [0.4, 0.5) is 0 Å². The van der Waals surface area contributed by atoms with Gasteiger partial charge in [-0.3, -0.25) is 0 Å². The Morgan fingerprint density at radius 2 is 1.94 bits per heavy atom. The molecule has 0 N–H and O–H groups in total. The lowest BCUT2D eigenvalue weighted by Gasteiger charge is -2.25. The first-order valence-corrected chi connectivity index (χ1v) is 6.58. The SMILES string of the molecule is CN1CCCCCC1Cc1ccc(Cl)cc1. The Labute approximate surface area is 103 Å². The summed E-state index contributed by atoms with van der Waals surface area (Å²) in [5.74, 6) is 0. The van der Waals surface area contributed by atoms with E-state index in [2.05, 4.69) is 24.1 Å². The number of likely N-dealkylation sites (N-methyl/N-ethyl adjacent to an activating group) is 1. The van der Waals surface area contributed by atoms with E-state index >= 15 is 0 Å². The van der Waals surface area contributed by atoms with Crippen LogP contribution in [0, 0.1) is 0 Å². The molecule has 0 saturated carbocycles. The lowest BCUT2D eigenvalue weighted by Crippen LogP contribution is -2.32. The van der Waals surface area contributed by atoms with Gasteiger partial charge in [-0.15, -0.1) is 0 Å². The molecule has 1 saturated heterocycles. The highest BCUT2D eigenvalue weighted by Crippen LogP contribution is 2.19. The van der Waals surface area contributed by atoms with Crippen LogP contribution < -0.4 is 0 Å². The molecule has 16 heavy (non-hydrogen) atoms. The molecule has 0 spiro atoms. The average molecular weight is 238 g/mol. The molecule has 0 aromatic heterocycles. The molecule has 1 aromatic carbocycles. The molecule has 1 atom stereocenters. The third-order valence-electron chi connectivity index (χ3n) is 3.56. The molecule has 0 radical (unpaired) electrons. The number of hydrogen-bond acceptors (Lipinski definition) is 1. The summed E-state index contributed by atoms with van der Waals surface area (Å²) >= 11 is 5.90. The number of hydrogen-bond donors (Lipinski definition) is 0. The number of rotatable bonds is 2. The van der Waals surface area contributed by atoms with Crippen LogP contribution in [0.5, 0.6) is 0 Å². The molecule has 1 unspecified atom stereocenters. The van der Waals surface area contributed by atoms with Crippen molar-refractivity contribution in [1.29, 1.82) is 0 Å². The minimum atomic E-state index is 0.712. The standard InChI is InChI=1S/C14H20ClN/c1-16-10-4-2-3-5-14(16)11-12-6-8-13(15)9-7-12/h6-9,14H,2-5,10-11H2,1H3. The number of likely N-dealkylation sites (tertiary alicyclic amines) is 1. The van der Waals surface area contributed by atoms with Crippen LogP contribution in [0.25, 0.3) is 0 Å². The maximum atomic E-state index is 5.90. The van der Waals surface area contributed by atoms with Crippen molar-refractivity contribution >= 4 is 11.6 Å². The highest BCUT2D eigenvalue weighted by atomic mass is 35.5. The van der Waals surface area contributed by atoms with Gasteiger partial charge in [0, 0.05) is 11.1 Å². The Balaban J connectivity index is 1.99. The fourth-order valence-electron chi connectivity index (χ4n) is 2.47. The van der Waals surface area contributed by atoms with E-state index in [9.17, 15) is 0 Å². The third-order valence-corrected chi connectivity index (χ3v) is 3.81. The van der Waals surface area contributed by atoms with Crippen molar-refractivity contribution < 1.29 is 0 Å². The van der Waals surface area contributed by atoms with Gasteiger partial charge >= 0.3 is 0 Å². The predicted molar refractivity (Wildman–Crippen MR) is 70.0 cm³/mol. The highest BCUT2D eigenvalue weighted by molar-refractivity contribution is 6.30. The van der Waals surface area contributed by atoms with Gasteiger partial charge in [0.05, 0.1) is 0 Å². The van der Waals surface area contributed by atoms with Crippen LogP contribution in [0.1, 0.15) is 31.2 Å². The molecule has 1 aliphatic rings. The molecule has 1 fully saturated rings. The number of halogens is 1. The normalized spacial score (nSPS) is 23.0. The molecule has 0 amide bonds. The Hall–Kier alpha value is -0.530. The first kappa shape index (κ1) is 11.9. The van der Waals surface area contributed by atoms with Gasteiger partial charge in [-0.2, -0.15) is 0 Å². The zero-order valence-electron chi connectivity index (χ0n) is 9.95. The zero-order valence-corrected chi connectivity index (χ0v) is 10.7. The quantitative estimate of drug-likeness (QED) is 0.757. The van der Waals surface area contributed by atoms with Crippen molar-refractivity contribution in [2.24, 2.45) is 0 Å². The molecule has 0 aliphatic carbocycles. The topological polar surface area (TPSA) is 3.24 Å². The van der Waals surface area contributed by atoms with Gasteiger partial charge in [0.1, 0.15) is 0 Å². The van der Waals surface area contributed by atoms with Crippen LogP contribution >= 0.6 is 11.6 Å². The summed E-state index contributed by atoms with van der Waals surface area (Å²) in [7, 11) is 2.26. The lowest BCUT2D eigenvalue weighted by molar-refractivity contribution is 0.245. The van der Waals surface area contributed by atoms with Crippen molar-refractivity contribution in [3.63, 3.8) is 0 Å². The largest absolute Gasteiger partial charge is 0.303 e. The van der Waals surface area contributed by atoms with Gasteiger partial charge in [-0.05, 0) is 50.6 Å². The maximum absolute atomic E-state index is 5.90. The third kappa shape index (κ3) is 3.23. The summed E-state index contributed by atoms with van der Waals surface area (Å²) in [6.07, 6.45) is 6.62. The summed E-state index contributed by atoms with van der Waals surface area (Å²) in [6, 6.07) is 9.01. The van der Waals surface area contributed by atoms with Gasteiger partial charge in [0.15, 0.2) is 0 Å². The average Bonchev–Trinajstić information content (AvgIpc) is 2.48. The summed E-state index contributed by atoms with van der Waals surface area (Å²) in [5, 5.41) is 0.831. The summed E-state index contributed by atoms with van der Waals surface area (Å²) < 4.78 is 0. The lowest BCUT2D eigenvalue weighted by atomic mass is 10.0. The monoisotopic (exact) mass is 237 g/mol. The smallest absolute Gasteiger partial charge is 0.0406 e. The van der Waals surface area contributed by atoms with Gasteiger partial charge in [-0.25, -0.2) is 0 Å². The number of nitrogens with zero attached hydrogens (tertiary/aromatic N) is 1. The highest BCUT2D eigenvalue weighted by Gasteiger charge is 2.17. The van der Waals surface area contributed by atoms with E-state index in [-0.39, 0.29) is 0 Å². The Kier molecular flexibility index (Phi) is 4.25. The predicted octanol–water partition coefficient (Wildman–Crippen LogP) is 3.76. The van der Waals surface area contributed by atoms with E-state index in [4.69, 9.17) is 11.6 Å². The van der Waals surface area contributed by atoms with Crippen molar-refractivity contribution in [2.45, 2.75) is 38.1 Å². The van der Waals surface area contributed by atoms with Gasteiger partial charge < -0.3 is 4.90 Å². The minimum absolute atomic E-state index is 0.712. The number of benzene rings is 1. The van der Waals surface area contributed by atoms with E-state index in [1.165, 1.54) is 37.8 Å². The van der Waals surface area contributed by atoms with Gasteiger partial charge in [-0.1, -0.05) is 36.6 Å². The summed E-state index contributed by atoms with van der Waals surface area (Å²) in [6.45, 7) is 1.25. The second kappa shape index (κ2) is 5.70. The molecule has 2 heteroatoms. The summed E-state index contributed by atoms with van der Waals surface area (Å²) in [5.41, 5.74) is 1.41. The van der Waals surface area contributed by atoms with E-state index < -0.39 is 0 Å². The molecular formula is C14H20ClN. The van der Waals surface area contributed by atoms with E-state index in [0.717, 1.165) is 11.4 Å². The first-order chi connectivity index (χ1) is 7.75. The first-order valence-electron chi connectivity index (χ1n) is 6.20. The minimum Gasteiger partial charge on any atom is -0.303 e. The van der Waals surface area contributed by atoms with Crippen LogP contribution in [-0.2, 0) is 6.42 Å². The molecule has 1 aliphatic heterocycles. The van der Waals surface area contributed by atoms with Crippen molar-refractivity contribution in [3.8, 4) is 0 Å². The summed E-state index contributed by atoms with van der Waals surface area (Å²) in [4.78, 5) is 2.52. The van der Waals surface area contributed by atoms with E-state index in [1.807, 2.05) is 12.1 Å². The molecule has 88 valence electrons. The Bertz CT molecular complexity index is 320. The van der Waals surface area contributed by atoms with Crippen molar-refractivity contribution in [3.05, 3.63) is 34.9 Å². The Morgan fingerprint density at radius 3 is 2.69 bits per heavy atom. The van der Waals surface area contributed by atoms with Crippen molar-refractivity contribution in [2.75, 3.05) is 13.6 Å². The van der Waals surface area contributed by atoms with Crippen LogP contribution in [0.3, 0.4) is 0 Å². The second-order valence-corrected chi connectivity index (χ2v) is 5.25. The second-order valence-electron chi connectivity index (χ2n) is 4.81. The van der Waals surface area contributed by atoms with Crippen LogP contribution in [0.15, 0.2) is 24.3 Å². The van der Waals surface area contributed by atoms with E-state index in [0.29, 0.717) is 6.04 Å². The fraction of sp³-hybridized carbons (Fsp3) is 0.571. The molecule has 1 aromatic rings. The van der Waals surface area contributed by atoms with Crippen molar-refractivity contribution in [1.82, 2.24) is 4.90 Å². The van der Waals surface area contributed by atoms with E-state index in [1.54, 1.807) is 0 Å². The molecule has 0 bridgehead atoms. The molecule has 1 nitrogen and oxygen atoms in total. The molecular weight excluding hydrogens is 218 g/mol. The van der Waals surface area contributed by atoms with Gasteiger partial charge in [0.25, 0.3) is 0 Å². The molecule has 1 heterocycles. The van der Waals surface area contributed by atoms with Gasteiger partial charge in [0.2, 0.25) is 0 Å². The van der Waals surface area contributed by atoms with Crippen LogP contribution in [-0.4, -0.2) is 24.5 Å².